The van der Waals surface area contributed by atoms with Crippen molar-refractivity contribution in [3.05, 3.63) is 29.8 Å². The Morgan fingerprint density at radius 3 is 2.25 bits per heavy atom. The van der Waals surface area contributed by atoms with Gasteiger partial charge >= 0.3 is 0 Å². The number of benzene rings is 1. The van der Waals surface area contributed by atoms with Crippen LogP contribution >= 0.6 is 11.8 Å². The van der Waals surface area contributed by atoms with Gasteiger partial charge in [0, 0.05) is 10.9 Å². The minimum atomic E-state index is 0.197. The van der Waals surface area contributed by atoms with Gasteiger partial charge in [0.25, 0.3) is 0 Å². The minimum Gasteiger partial charge on any atom is -0.324 e. The first-order chi connectivity index (χ1) is 7.63. The monoisotopic (exact) mass is 237 g/mol. The molecule has 0 bridgehead atoms. The molecular formula is C14H23NS. The molecule has 0 heterocycles. The van der Waals surface area contributed by atoms with Crippen LogP contribution < -0.4 is 5.73 Å². The largest absolute Gasteiger partial charge is 0.324 e. The van der Waals surface area contributed by atoms with E-state index >= 15 is 0 Å². The minimum absolute atomic E-state index is 0.197. The van der Waals surface area contributed by atoms with E-state index in [0.29, 0.717) is 0 Å². The molecule has 0 spiro atoms. The first-order valence-electron chi connectivity index (χ1n) is 6.11. The maximum Gasteiger partial charge on any atom is 0.0294 e. The topological polar surface area (TPSA) is 26.0 Å². The molecule has 0 saturated carbocycles. The van der Waals surface area contributed by atoms with Crippen LogP contribution in [0.25, 0.3) is 0 Å². The summed E-state index contributed by atoms with van der Waals surface area (Å²) in [6.45, 7) is 6.66. The Labute approximate surface area is 104 Å². The van der Waals surface area contributed by atoms with Gasteiger partial charge in [0.05, 0.1) is 0 Å². The number of nitrogens with two attached hydrogens (primary N) is 1. The Balaban J connectivity index is 2.52. The maximum absolute atomic E-state index is 6.16. The van der Waals surface area contributed by atoms with E-state index < -0.39 is 0 Å². The number of thioether (sulfide) groups is 1. The van der Waals surface area contributed by atoms with Gasteiger partial charge in [-0.1, -0.05) is 32.9 Å². The third-order valence-electron chi connectivity index (χ3n) is 2.67. The van der Waals surface area contributed by atoms with Gasteiger partial charge in [-0.25, -0.2) is 0 Å². The zero-order valence-corrected chi connectivity index (χ0v) is 11.4. The highest BCUT2D eigenvalue weighted by Gasteiger charge is 2.06. The van der Waals surface area contributed by atoms with Crippen molar-refractivity contribution >= 4 is 11.8 Å². The molecule has 0 aliphatic carbocycles. The Bertz CT molecular complexity index is 292. The maximum atomic E-state index is 6.16. The fourth-order valence-electron chi connectivity index (χ4n) is 1.66. The van der Waals surface area contributed by atoms with E-state index in [2.05, 4.69) is 45.0 Å². The van der Waals surface area contributed by atoms with E-state index in [-0.39, 0.29) is 6.04 Å². The molecule has 0 unspecified atom stereocenters. The molecule has 16 heavy (non-hydrogen) atoms. The van der Waals surface area contributed by atoms with Crippen LogP contribution in [0.1, 0.15) is 45.2 Å². The molecule has 0 fully saturated rings. The van der Waals surface area contributed by atoms with Gasteiger partial charge in [-0.2, -0.15) is 0 Å². The van der Waals surface area contributed by atoms with Crippen molar-refractivity contribution in [2.75, 3.05) is 5.75 Å². The second-order valence-electron chi connectivity index (χ2n) is 4.58. The molecule has 90 valence electrons. The second-order valence-corrected chi connectivity index (χ2v) is 5.92. The molecule has 1 nitrogen and oxygen atoms in total. The van der Waals surface area contributed by atoms with Crippen molar-refractivity contribution in [1.29, 1.82) is 0 Å². The van der Waals surface area contributed by atoms with E-state index in [4.69, 9.17) is 5.73 Å². The summed E-state index contributed by atoms with van der Waals surface area (Å²) in [5, 5.41) is 0. The van der Waals surface area contributed by atoms with Gasteiger partial charge in [-0.3, -0.25) is 0 Å². The van der Waals surface area contributed by atoms with Crippen molar-refractivity contribution in [2.45, 2.75) is 44.6 Å². The predicted molar refractivity (Wildman–Crippen MR) is 73.8 cm³/mol. The van der Waals surface area contributed by atoms with Gasteiger partial charge in [0.2, 0.25) is 0 Å². The molecule has 0 aromatic heterocycles. The van der Waals surface area contributed by atoms with Gasteiger partial charge in [-0.15, -0.1) is 11.8 Å². The number of hydrogen-bond acceptors (Lipinski definition) is 2. The zero-order valence-electron chi connectivity index (χ0n) is 10.6. The van der Waals surface area contributed by atoms with Gasteiger partial charge in [-0.05, 0) is 42.2 Å². The van der Waals surface area contributed by atoms with Crippen LogP contribution in [0.2, 0.25) is 0 Å². The van der Waals surface area contributed by atoms with Crippen molar-refractivity contribution < 1.29 is 0 Å². The number of rotatable bonds is 6. The summed E-state index contributed by atoms with van der Waals surface area (Å²) < 4.78 is 0. The molecule has 2 heteroatoms. The second kappa shape index (κ2) is 6.97. The average Bonchev–Trinajstić information content (AvgIpc) is 2.27. The molecule has 0 aliphatic rings. The Morgan fingerprint density at radius 2 is 1.75 bits per heavy atom. The summed E-state index contributed by atoms with van der Waals surface area (Å²) in [4.78, 5) is 1.34. The number of hydrogen-bond donors (Lipinski definition) is 1. The van der Waals surface area contributed by atoms with Gasteiger partial charge < -0.3 is 5.73 Å². The Morgan fingerprint density at radius 1 is 1.12 bits per heavy atom. The highest BCUT2D eigenvalue weighted by Crippen LogP contribution is 2.22. The third-order valence-corrected chi connectivity index (χ3v) is 3.57. The molecule has 0 amide bonds. The van der Waals surface area contributed by atoms with Crippen LogP contribution in [0.15, 0.2) is 29.2 Å². The molecule has 2 N–H and O–H groups in total. The van der Waals surface area contributed by atoms with E-state index in [1.165, 1.54) is 16.9 Å². The van der Waals surface area contributed by atoms with Gasteiger partial charge in [0.1, 0.15) is 0 Å². The van der Waals surface area contributed by atoms with Crippen LogP contribution in [0, 0.1) is 5.92 Å². The molecule has 1 aromatic rings. The molecule has 0 radical (unpaired) electrons. The van der Waals surface area contributed by atoms with E-state index in [0.717, 1.165) is 18.1 Å². The van der Waals surface area contributed by atoms with E-state index in [1.807, 2.05) is 11.8 Å². The molecule has 1 atom stereocenters. The molecule has 0 aliphatic heterocycles. The lowest BCUT2D eigenvalue weighted by Gasteiger charge is -2.13. The van der Waals surface area contributed by atoms with Crippen LogP contribution in [0.4, 0.5) is 0 Å². The highest BCUT2D eigenvalue weighted by molar-refractivity contribution is 7.99. The fraction of sp³-hybridized carbons (Fsp3) is 0.571. The summed E-state index contributed by atoms with van der Waals surface area (Å²) in [6.07, 6.45) is 2.28. The smallest absolute Gasteiger partial charge is 0.0294 e. The Kier molecular flexibility index (Phi) is 5.93. The first-order valence-corrected chi connectivity index (χ1v) is 7.10. The van der Waals surface area contributed by atoms with Crippen LogP contribution in [0.3, 0.4) is 0 Å². The SMILES string of the molecule is CCSc1ccc([C@H](N)CCC(C)C)cc1. The fourth-order valence-corrected chi connectivity index (χ4v) is 2.32. The third kappa shape index (κ3) is 4.58. The van der Waals surface area contributed by atoms with E-state index in [1.54, 1.807) is 0 Å². The summed E-state index contributed by atoms with van der Waals surface area (Å²) in [6, 6.07) is 8.90. The normalized spacial score (nSPS) is 13.1. The lowest BCUT2D eigenvalue weighted by atomic mass is 9.98. The first kappa shape index (κ1) is 13.6. The van der Waals surface area contributed by atoms with Crippen molar-refractivity contribution in [3.8, 4) is 0 Å². The van der Waals surface area contributed by atoms with Crippen LogP contribution in [-0.2, 0) is 0 Å². The quantitative estimate of drug-likeness (QED) is 0.749. The average molecular weight is 237 g/mol. The summed E-state index contributed by atoms with van der Waals surface area (Å²) in [5.74, 6) is 1.86. The zero-order chi connectivity index (χ0) is 12.0. The predicted octanol–water partition coefficient (Wildman–Crippen LogP) is 4.23. The summed E-state index contributed by atoms with van der Waals surface area (Å²) in [7, 11) is 0. The molecular weight excluding hydrogens is 214 g/mol. The lowest BCUT2D eigenvalue weighted by Crippen LogP contribution is -2.11. The van der Waals surface area contributed by atoms with Crippen LogP contribution in [0.5, 0.6) is 0 Å². The van der Waals surface area contributed by atoms with Gasteiger partial charge in [0.15, 0.2) is 0 Å². The standard InChI is InChI=1S/C14H23NS/c1-4-16-13-8-6-12(7-9-13)14(15)10-5-11(2)3/h6-9,11,14H,4-5,10,15H2,1-3H3/t14-/m1/s1. The van der Waals surface area contributed by atoms with Crippen molar-refractivity contribution in [1.82, 2.24) is 0 Å². The summed E-state index contributed by atoms with van der Waals surface area (Å²) in [5.41, 5.74) is 7.43. The molecule has 1 rings (SSSR count). The lowest BCUT2D eigenvalue weighted by molar-refractivity contribution is 0.507. The van der Waals surface area contributed by atoms with Crippen molar-refractivity contribution in [3.63, 3.8) is 0 Å². The highest BCUT2D eigenvalue weighted by atomic mass is 32.2. The Hall–Kier alpha value is -0.470. The van der Waals surface area contributed by atoms with Crippen molar-refractivity contribution in [2.24, 2.45) is 11.7 Å². The van der Waals surface area contributed by atoms with Crippen LogP contribution in [-0.4, -0.2) is 5.75 Å². The van der Waals surface area contributed by atoms with E-state index in [9.17, 15) is 0 Å². The summed E-state index contributed by atoms with van der Waals surface area (Å²) >= 11 is 1.87. The molecule has 0 saturated heterocycles. The molecule has 1 aromatic carbocycles.